The molecule has 5 rings (SSSR count). The van der Waals surface area contributed by atoms with Crippen LogP contribution in [0, 0.1) is 0 Å². The average Bonchev–Trinajstić information content (AvgIpc) is 3.63. The first-order valence-corrected chi connectivity index (χ1v) is 14.9. The van der Waals surface area contributed by atoms with Gasteiger partial charge in [0, 0.05) is 39.6 Å². The summed E-state index contributed by atoms with van der Waals surface area (Å²) in [7, 11) is -2.56. The molecule has 11 heteroatoms. The number of hydrogen-bond donors (Lipinski definition) is 5. The van der Waals surface area contributed by atoms with Gasteiger partial charge in [-0.2, -0.15) is 5.10 Å². The van der Waals surface area contributed by atoms with Gasteiger partial charge in [0.15, 0.2) is 11.6 Å². The number of amidine groups is 1. The molecule has 0 radical (unpaired) electrons. The minimum Gasteiger partial charge on any atom is -0.303 e. The zero-order chi connectivity index (χ0) is 26.5. The van der Waals surface area contributed by atoms with Gasteiger partial charge in [-0.25, -0.2) is 24.3 Å². The van der Waals surface area contributed by atoms with Crippen molar-refractivity contribution in [2.75, 3.05) is 13.1 Å². The molecule has 196 valence electrons. The van der Waals surface area contributed by atoms with E-state index in [9.17, 15) is 4.21 Å². The van der Waals surface area contributed by atoms with Crippen LogP contribution in [0.15, 0.2) is 87.6 Å². The molecule has 0 aliphatic carbocycles. The van der Waals surface area contributed by atoms with Crippen LogP contribution in [0.3, 0.4) is 0 Å². The van der Waals surface area contributed by atoms with E-state index in [0.29, 0.717) is 28.9 Å². The lowest BCUT2D eigenvalue weighted by Gasteiger charge is -2.13. The van der Waals surface area contributed by atoms with Crippen molar-refractivity contribution in [2.24, 2.45) is 4.99 Å². The lowest BCUT2D eigenvalue weighted by atomic mass is 10.1. The second-order valence-corrected chi connectivity index (χ2v) is 11.7. The smallest absolute Gasteiger partial charge is 0.181 e. The van der Waals surface area contributed by atoms with Gasteiger partial charge in [0.1, 0.15) is 12.0 Å². The van der Waals surface area contributed by atoms with Gasteiger partial charge in [-0.15, -0.1) is 0 Å². The summed E-state index contributed by atoms with van der Waals surface area (Å²) in [5, 5.41) is 7.52. The van der Waals surface area contributed by atoms with Crippen LogP contribution in [0.5, 0.6) is 0 Å². The Hall–Kier alpha value is -3.48. The van der Waals surface area contributed by atoms with Gasteiger partial charge in [0.05, 0.1) is 9.71 Å². The van der Waals surface area contributed by atoms with Gasteiger partial charge in [0.2, 0.25) is 0 Å². The van der Waals surface area contributed by atoms with Crippen molar-refractivity contribution >= 4 is 33.4 Å². The molecule has 0 spiro atoms. The summed E-state index contributed by atoms with van der Waals surface area (Å²) in [6, 6.07) is 23.6. The maximum absolute atomic E-state index is 12.9. The topological polar surface area (TPSA) is 119 Å². The fourth-order valence-electron chi connectivity index (χ4n) is 4.03. The van der Waals surface area contributed by atoms with E-state index in [1.54, 1.807) is 11.9 Å². The standard InChI is InChI=1S/C27H30N8OS2/c1-4-28-37-22-13-7-11-20(16-22)26-30-24(32-34-26)18-9-6-10-19(15-18)25-31-27(35-33-25)21-12-8-14-23(17-21)38(3,36)29-5-2/h6-17,27-28,35H,3-5H2,1-2H3,(H,29,36)(H,31,33)(H,30,32,34). The van der Waals surface area contributed by atoms with Crippen molar-refractivity contribution in [3.05, 3.63) is 83.9 Å². The van der Waals surface area contributed by atoms with Crippen molar-refractivity contribution in [1.29, 1.82) is 0 Å². The number of aromatic amines is 1. The zero-order valence-electron chi connectivity index (χ0n) is 21.2. The lowest BCUT2D eigenvalue weighted by Crippen LogP contribution is -2.32. The highest BCUT2D eigenvalue weighted by Crippen LogP contribution is 2.26. The molecule has 2 unspecified atom stereocenters. The Morgan fingerprint density at radius 2 is 1.76 bits per heavy atom. The Morgan fingerprint density at radius 3 is 2.61 bits per heavy atom. The summed E-state index contributed by atoms with van der Waals surface area (Å²) in [5.74, 6) is 5.88. The average molecular weight is 547 g/mol. The molecule has 0 fully saturated rings. The number of hydrazine groups is 1. The second-order valence-electron chi connectivity index (χ2n) is 8.61. The van der Waals surface area contributed by atoms with E-state index in [-0.39, 0.29) is 6.17 Å². The summed E-state index contributed by atoms with van der Waals surface area (Å²) in [4.78, 5) is 11.3. The molecule has 1 aromatic heterocycles. The molecular weight excluding hydrogens is 516 g/mol. The summed E-state index contributed by atoms with van der Waals surface area (Å²) in [6.45, 7) is 5.43. The number of nitrogens with one attached hydrogen (secondary N) is 5. The third-order valence-electron chi connectivity index (χ3n) is 5.84. The number of nitrogens with zero attached hydrogens (tertiary/aromatic N) is 3. The van der Waals surface area contributed by atoms with Gasteiger partial charge in [-0.3, -0.25) is 9.82 Å². The first kappa shape index (κ1) is 26.1. The maximum Gasteiger partial charge on any atom is 0.181 e. The van der Waals surface area contributed by atoms with E-state index in [1.165, 1.54) is 0 Å². The van der Waals surface area contributed by atoms with Crippen LogP contribution in [0.2, 0.25) is 0 Å². The molecule has 38 heavy (non-hydrogen) atoms. The Morgan fingerprint density at radius 1 is 0.974 bits per heavy atom. The quantitative estimate of drug-likeness (QED) is 0.151. The van der Waals surface area contributed by atoms with E-state index in [4.69, 9.17) is 9.98 Å². The summed E-state index contributed by atoms with van der Waals surface area (Å²) < 4.78 is 19.1. The SMILES string of the molecule is C=S(=O)(NCC)c1cccc(C2N=C(c3cccc(-c4n[nH]c(-c5cccc(SNCC)c5)n4)c3)NN2)c1. The third kappa shape index (κ3) is 5.82. The monoisotopic (exact) mass is 546 g/mol. The Bertz CT molecular complexity index is 1560. The third-order valence-corrected chi connectivity index (χ3v) is 8.53. The molecule has 9 nitrogen and oxygen atoms in total. The molecule has 0 saturated carbocycles. The number of H-pyrrole nitrogens is 1. The van der Waals surface area contributed by atoms with Gasteiger partial charge >= 0.3 is 0 Å². The van der Waals surface area contributed by atoms with Gasteiger partial charge < -0.3 is 5.43 Å². The van der Waals surface area contributed by atoms with Crippen molar-refractivity contribution in [1.82, 2.24) is 35.5 Å². The normalized spacial score (nSPS) is 16.6. The van der Waals surface area contributed by atoms with E-state index in [0.717, 1.165) is 33.7 Å². The Kier molecular flexibility index (Phi) is 7.91. The molecule has 3 aromatic carbocycles. The molecule has 5 N–H and O–H groups in total. The van der Waals surface area contributed by atoms with E-state index in [2.05, 4.69) is 55.4 Å². The zero-order valence-corrected chi connectivity index (χ0v) is 22.8. The number of aliphatic imine (C=N–C) groups is 1. The largest absolute Gasteiger partial charge is 0.303 e. The molecular formula is C27H30N8OS2. The molecule has 0 amide bonds. The summed E-state index contributed by atoms with van der Waals surface area (Å²) in [5.41, 5.74) is 10.0. The highest BCUT2D eigenvalue weighted by atomic mass is 32.2. The minimum absolute atomic E-state index is 0.326. The van der Waals surface area contributed by atoms with Crippen LogP contribution in [-0.2, 0) is 9.71 Å². The van der Waals surface area contributed by atoms with Crippen molar-refractivity contribution in [3.8, 4) is 22.8 Å². The maximum atomic E-state index is 12.9. The molecule has 2 atom stereocenters. The van der Waals surface area contributed by atoms with Crippen molar-refractivity contribution < 1.29 is 4.21 Å². The fraction of sp³-hybridized carbons (Fsp3) is 0.185. The van der Waals surface area contributed by atoms with Crippen LogP contribution in [0.1, 0.15) is 31.1 Å². The fourth-order valence-corrected chi connectivity index (χ4v) is 5.93. The van der Waals surface area contributed by atoms with Gasteiger partial charge in [-0.05, 0) is 53.7 Å². The summed E-state index contributed by atoms with van der Waals surface area (Å²) >= 11 is 1.59. The lowest BCUT2D eigenvalue weighted by molar-refractivity contribution is 0.573. The number of hydrogen-bond acceptors (Lipinski definition) is 8. The second kappa shape index (κ2) is 11.5. The molecule has 0 bridgehead atoms. The van der Waals surface area contributed by atoms with E-state index in [1.807, 2.05) is 67.6 Å². The number of aromatic nitrogens is 3. The number of benzene rings is 3. The molecule has 4 aromatic rings. The number of rotatable bonds is 10. The van der Waals surface area contributed by atoms with Crippen LogP contribution in [0.25, 0.3) is 22.8 Å². The predicted octanol–water partition coefficient (Wildman–Crippen LogP) is 3.91. The van der Waals surface area contributed by atoms with Gasteiger partial charge in [0.25, 0.3) is 0 Å². The molecule has 2 heterocycles. The van der Waals surface area contributed by atoms with E-state index < -0.39 is 9.71 Å². The van der Waals surface area contributed by atoms with Crippen molar-refractivity contribution in [3.63, 3.8) is 0 Å². The highest BCUT2D eigenvalue weighted by Gasteiger charge is 2.21. The van der Waals surface area contributed by atoms with E-state index >= 15 is 0 Å². The predicted molar refractivity (Wildman–Crippen MR) is 156 cm³/mol. The van der Waals surface area contributed by atoms with Crippen LogP contribution < -0.4 is 20.3 Å². The highest BCUT2D eigenvalue weighted by molar-refractivity contribution is 7.98. The Balaban J connectivity index is 1.36. The molecule has 1 aliphatic rings. The van der Waals surface area contributed by atoms with Crippen LogP contribution >= 0.6 is 11.9 Å². The molecule has 1 aliphatic heterocycles. The van der Waals surface area contributed by atoms with Gasteiger partial charge in [-0.1, -0.05) is 56.3 Å². The van der Waals surface area contributed by atoms with Crippen LogP contribution in [-0.4, -0.2) is 44.2 Å². The first-order valence-electron chi connectivity index (χ1n) is 12.3. The van der Waals surface area contributed by atoms with Crippen molar-refractivity contribution in [2.45, 2.75) is 29.8 Å². The minimum atomic E-state index is -2.56. The van der Waals surface area contributed by atoms with Crippen LogP contribution in [0.4, 0.5) is 0 Å². The molecule has 0 saturated heterocycles. The first-order chi connectivity index (χ1) is 18.5. The Labute approximate surface area is 227 Å². The summed E-state index contributed by atoms with van der Waals surface area (Å²) in [6.07, 6.45) is -0.326.